The van der Waals surface area contributed by atoms with Gasteiger partial charge >= 0.3 is 22.9 Å². The Balaban J connectivity index is 1.25. The second-order valence-electron chi connectivity index (χ2n) is 7.78. The Hall–Kier alpha value is -4.78. The molecule has 0 atom stereocenters. The van der Waals surface area contributed by atoms with Crippen molar-refractivity contribution in [3.8, 4) is 23.0 Å². The molecule has 0 aliphatic rings. The normalized spacial score (nSPS) is 10.9. The van der Waals surface area contributed by atoms with Gasteiger partial charge in [-0.2, -0.15) is 0 Å². The van der Waals surface area contributed by atoms with Crippen molar-refractivity contribution < 1.29 is 18.5 Å². The van der Waals surface area contributed by atoms with E-state index in [0.717, 1.165) is 20.6 Å². The average Bonchev–Trinajstić information content (AvgIpc) is 3.36. The first-order valence-electron chi connectivity index (χ1n) is 10.8. The smallest absolute Gasteiger partial charge is 0.440 e. The van der Waals surface area contributed by atoms with Crippen molar-refractivity contribution in [2.75, 3.05) is 0 Å². The topological polar surface area (TPSA) is 154 Å². The Bertz CT molecular complexity index is 1770. The molecule has 0 saturated carbocycles. The predicted molar refractivity (Wildman–Crippen MR) is 133 cm³/mol. The van der Waals surface area contributed by atoms with Crippen molar-refractivity contribution >= 4 is 15.9 Å². The van der Waals surface area contributed by atoms with Gasteiger partial charge in [0, 0.05) is 6.07 Å². The molecule has 0 aliphatic carbocycles. The van der Waals surface area contributed by atoms with Crippen molar-refractivity contribution in [1.29, 1.82) is 0 Å². The molecule has 0 aliphatic heterocycles. The highest BCUT2D eigenvalue weighted by atomic mass is 79.9. The second kappa shape index (κ2) is 10.1. The summed E-state index contributed by atoms with van der Waals surface area (Å²) in [6, 6.07) is 19.2. The number of rotatable bonds is 8. The van der Waals surface area contributed by atoms with Crippen LogP contribution in [0.25, 0.3) is 0 Å². The van der Waals surface area contributed by atoms with E-state index in [4.69, 9.17) is 18.5 Å². The molecular formula is C24H17BrN4O8. The first-order valence-corrected chi connectivity index (χ1v) is 11.6. The van der Waals surface area contributed by atoms with Gasteiger partial charge in [0.05, 0.1) is 17.6 Å². The molecule has 13 heteroatoms. The van der Waals surface area contributed by atoms with Crippen LogP contribution in [0.2, 0.25) is 0 Å². The average molecular weight is 569 g/mol. The summed E-state index contributed by atoms with van der Waals surface area (Å²) in [6.07, 6.45) is 0. The summed E-state index contributed by atoms with van der Waals surface area (Å²) in [6.45, 7) is 0.198. The largest absolute Gasteiger partial charge is 0.457 e. The summed E-state index contributed by atoms with van der Waals surface area (Å²) in [5.41, 5.74) is 0.237. The summed E-state index contributed by atoms with van der Waals surface area (Å²) in [7, 11) is 0. The Morgan fingerprint density at radius 3 is 1.57 bits per heavy atom. The van der Waals surface area contributed by atoms with E-state index >= 15 is 0 Å². The molecule has 188 valence electrons. The van der Waals surface area contributed by atoms with E-state index in [1.54, 1.807) is 66.7 Å². The van der Waals surface area contributed by atoms with Crippen molar-refractivity contribution in [3.05, 3.63) is 124 Å². The van der Waals surface area contributed by atoms with Crippen molar-refractivity contribution in [2.24, 2.45) is 0 Å². The molecule has 0 spiro atoms. The third-order valence-corrected chi connectivity index (χ3v) is 5.78. The Morgan fingerprint density at radius 1 is 0.649 bits per heavy atom. The zero-order chi connectivity index (χ0) is 25.9. The van der Waals surface area contributed by atoms with Crippen LogP contribution in [0, 0.1) is 0 Å². The third kappa shape index (κ3) is 5.73. The van der Waals surface area contributed by atoms with Crippen molar-refractivity contribution in [2.45, 2.75) is 13.1 Å². The lowest BCUT2D eigenvalue weighted by Gasteiger charge is -2.12. The van der Waals surface area contributed by atoms with Crippen LogP contribution < -0.4 is 32.4 Å². The molecule has 2 aromatic heterocycles. The second-order valence-corrected chi connectivity index (χ2v) is 8.63. The Labute approximate surface area is 214 Å². The quantitative estimate of drug-likeness (QED) is 0.289. The Kier molecular flexibility index (Phi) is 6.51. The SMILES string of the molecule is O=c1[nH]c(=O)n(Cc2ccc(Oc3ccc(Br)c(Oc4ccc(Cn5oc(=O)[nH]c5=O)cc4)c3)cc2)o1. The number of aromatic nitrogens is 4. The number of benzene rings is 3. The van der Waals surface area contributed by atoms with Crippen LogP contribution in [0.3, 0.4) is 0 Å². The molecule has 0 amide bonds. The van der Waals surface area contributed by atoms with Gasteiger partial charge in [0.25, 0.3) is 0 Å². The highest BCUT2D eigenvalue weighted by Crippen LogP contribution is 2.35. The lowest BCUT2D eigenvalue weighted by Crippen LogP contribution is -2.17. The summed E-state index contributed by atoms with van der Waals surface area (Å²) in [5.74, 6) is 0.513. The van der Waals surface area contributed by atoms with Gasteiger partial charge < -0.3 is 18.5 Å². The zero-order valence-corrected chi connectivity index (χ0v) is 20.4. The number of hydrogen-bond donors (Lipinski definition) is 2. The van der Waals surface area contributed by atoms with Crippen LogP contribution in [0.5, 0.6) is 23.0 Å². The van der Waals surface area contributed by atoms with Crippen LogP contribution in [-0.2, 0) is 13.1 Å². The van der Waals surface area contributed by atoms with Gasteiger partial charge in [0.15, 0.2) is 0 Å². The maximum Gasteiger partial charge on any atom is 0.440 e. The summed E-state index contributed by atoms with van der Waals surface area (Å²) >= 11 is 3.47. The van der Waals surface area contributed by atoms with E-state index < -0.39 is 22.9 Å². The fourth-order valence-corrected chi connectivity index (χ4v) is 3.71. The number of nitrogens with one attached hydrogen (secondary N) is 2. The minimum atomic E-state index is -0.809. The number of H-pyrrole nitrogens is 2. The zero-order valence-electron chi connectivity index (χ0n) is 18.8. The van der Waals surface area contributed by atoms with Gasteiger partial charge in [0.1, 0.15) is 23.0 Å². The van der Waals surface area contributed by atoms with Crippen LogP contribution in [0.1, 0.15) is 11.1 Å². The first kappa shape index (κ1) is 23.9. The predicted octanol–water partition coefficient (Wildman–Crippen LogP) is 3.02. The molecule has 3 aromatic carbocycles. The van der Waals surface area contributed by atoms with E-state index in [-0.39, 0.29) is 13.1 Å². The van der Waals surface area contributed by atoms with Crippen LogP contribution in [0.4, 0.5) is 0 Å². The molecule has 2 heterocycles. The molecule has 0 radical (unpaired) electrons. The number of ether oxygens (including phenoxy) is 2. The maximum atomic E-state index is 11.6. The number of halogens is 1. The van der Waals surface area contributed by atoms with E-state index in [1.165, 1.54) is 0 Å². The molecule has 2 N–H and O–H groups in total. The maximum absolute atomic E-state index is 11.6. The number of nitrogens with zero attached hydrogens (tertiary/aromatic N) is 2. The molecule has 0 unspecified atom stereocenters. The molecule has 0 bridgehead atoms. The highest BCUT2D eigenvalue weighted by Gasteiger charge is 2.09. The van der Waals surface area contributed by atoms with Gasteiger partial charge in [-0.3, -0.25) is 0 Å². The lowest BCUT2D eigenvalue weighted by molar-refractivity contribution is 0.258. The Morgan fingerprint density at radius 2 is 1.11 bits per heavy atom. The van der Waals surface area contributed by atoms with Gasteiger partial charge in [-0.25, -0.2) is 29.1 Å². The first-order chi connectivity index (χ1) is 17.8. The number of aromatic amines is 2. The van der Waals surface area contributed by atoms with E-state index in [9.17, 15) is 19.2 Å². The van der Waals surface area contributed by atoms with E-state index in [0.29, 0.717) is 27.5 Å². The number of hydrogen-bond acceptors (Lipinski definition) is 8. The van der Waals surface area contributed by atoms with Crippen molar-refractivity contribution in [1.82, 2.24) is 19.4 Å². The summed E-state index contributed by atoms with van der Waals surface area (Å²) in [5, 5.41) is 0. The summed E-state index contributed by atoms with van der Waals surface area (Å²) in [4.78, 5) is 49.5. The molecule has 5 rings (SSSR count). The van der Waals surface area contributed by atoms with Gasteiger partial charge in [-0.05, 0) is 63.5 Å². The van der Waals surface area contributed by atoms with E-state index in [1.807, 2.05) is 9.97 Å². The van der Waals surface area contributed by atoms with Crippen LogP contribution >= 0.6 is 15.9 Å². The molecule has 0 fully saturated rings. The molecule has 5 aromatic rings. The lowest BCUT2D eigenvalue weighted by atomic mass is 10.2. The minimum absolute atomic E-state index is 0.0973. The van der Waals surface area contributed by atoms with Crippen molar-refractivity contribution in [3.63, 3.8) is 0 Å². The molecule has 0 saturated heterocycles. The van der Waals surface area contributed by atoms with Gasteiger partial charge in [0.2, 0.25) is 0 Å². The molecule has 37 heavy (non-hydrogen) atoms. The molecular weight excluding hydrogens is 552 g/mol. The third-order valence-electron chi connectivity index (χ3n) is 5.12. The van der Waals surface area contributed by atoms with E-state index in [2.05, 4.69) is 15.9 Å². The van der Waals surface area contributed by atoms with Crippen LogP contribution in [0.15, 0.2) is 99.4 Å². The monoisotopic (exact) mass is 568 g/mol. The minimum Gasteiger partial charge on any atom is -0.457 e. The van der Waals surface area contributed by atoms with Gasteiger partial charge in [-0.1, -0.05) is 24.3 Å². The fraction of sp³-hybridized carbons (Fsp3) is 0.0833. The standard InChI is InChI=1S/C24H17BrN4O8/c25-19-10-9-18(34-16-5-1-14(2-6-16)12-28-21(30)26-23(32)36-28)11-20(19)35-17-7-3-15(4-8-17)13-29-22(31)27-24(33)37-29/h1-11H,12-13H2,(H,26,30,32)(H,27,31,33). The highest BCUT2D eigenvalue weighted by molar-refractivity contribution is 9.10. The summed E-state index contributed by atoms with van der Waals surface area (Å²) < 4.78 is 24.0. The van der Waals surface area contributed by atoms with Crippen LogP contribution in [-0.4, -0.2) is 19.4 Å². The molecule has 12 nitrogen and oxygen atoms in total. The fourth-order valence-electron chi connectivity index (χ4n) is 3.38. The van der Waals surface area contributed by atoms with Gasteiger partial charge in [-0.15, -0.1) is 9.48 Å².